The van der Waals surface area contributed by atoms with Crippen molar-refractivity contribution in [2.75, 3.05) is 18.1 Å². The van der Waals surface area contributed by atoms with E-state index in [2.05, 4.69) is 282 Å². The second-order valence-electron chi connectivity index (χ2n) is 13.6. The Bertz CT molecular complexity index is 2310. The molecule has 0 aromatic heterocycles. The van der Waals surface area contributed by atoms with Gasteiger partial charge in [-0.25, -0.2) is 8.42 Å². The molecule has 2 radical (unpaired) electrons. The Kier molecular flexibility index (Phi) is 41.5. The minimum Gasteiger partial charge on any atom is -0.0622 e. The maximum Gasteiger partial charge on any atom is 0.00405 e. The summed E-state index contributed by atoms with van der Waals surface area (Å²) >= 11 is 2.97. The minimum atomic E-state index is -6.09. The van der Waals surface area contributed by atoms with E-state index >= 15 is 0 Å². The van der Waals surface area contributed by atoms with E-state index in [1.54, 1.807) is 6.26 Å². The SMILES string of the molecule is C[SH2+].O=S(=O)([O-])C(F)(F)F.[C-]#[O+].[C-]#[O+].[C-]#[O+].[C-]#[O+].[Mn].[Rh].c1ccc(P(CP(c2ccccc2)c2ccccc2)c2ccccc2)cc1.c1ccc(P(CP(c2ccccc2)c2ccccc2)c2ccccc2)cc1. The molecular formula is C56H49F3MnO7P4RhS2. The van der Waals surface area contributed by atoms with Crippen molar-refractivity contribution in [2.45, 2.75) is 5.51 Å². The van der Waals surface area contributed by atoms with E-state index in [-0.39, 0.29) is 36.5 Å². The van der Waals surface area contributed by atoms with Crippen LogP contribution in [0.2, 0.25) is 0 Å². The van der Waals surface area contributed by atoms with Gasteiger partial charge in [0.05, 0.1) is 6.26 Å². The van der Waals surface area contributed by atoms with Crippen molar-refractivity contribution in [3.63, 3.8) is 0 Å². The molecule has 74 heavy (non-hydrogen) atoms. The molecule has 0 saturated carbocycles. The Morgan fingerprint density at radius 3 is 0.541 bits per heavy atom. The van der Waals surface area contributed by atoms with E-state index < -0.39 is 47.3 Å². The molecule has 0 bridgehead atoms. The predicted molar refractivity (Wildman–Crippen MR) is 294 cm³/mol. The molecule has 7 nitrogen and oxygen atoms in total. The second kappa shape index (κ2) is 42.8. The van der Waals surface area contributed by atoms with Crippen LogP contribution in [0.1, 0.15) is 0 Å². The third-order valence-corrected chi connectivity index (χ3v) is 21.9. The summed E-state index contributed by atoms with van der Waals surface area (Å²) < 4.78 is 88.9. The molecule has 384 valence electrons. The topological polar surface area (TPSA) is 137 Å². The maximum absolute atomic E-state index is 10.7. The summed E-state index contributed by atoms with van der Waals surface area (Å²) in [6.07, 6.45) is 1.81. The van der Waals surface area contributed by atoms with Crippen molar-refractivity contribution in [3.05, 3.63) is 269 Å². The van der Waals surface area contributed by atoms with E-state index in [1.807, 2.05) is 0 Å². The van der Waals surface area contributed by atoms with Crippen LogP contribution in [0.25, 0.3) is 0 Å². The summed E-state index contributed by atoms with van der Waals surface area (Å²) in [6.45, 7) is 18.0. The fourth-order valence-corrected chi connectivity index (χ4v) is 19.3. The van der Waals surface area contributed by atoms with Crippen molar-refractivity contribution in [1.82, 2.24) is 0 Å². The maximum atomic E-state index is 10.7. The summed E-state index contributed by atoms with van der Waals surface area (Å²) in [5.41, 5.74) is -5.65. The average Bonchev–Trinajstić information content (AvgIpc) is 3.46. The summed E-state index contributed by atoms with van der Waals surface area (Å²) in [6, 6.07) is 88.3. The van der Waals surface area contributed by atoms with Gasteiger partial charge in [-0.05, 0) is 86.8 Å². The van der Waals surface area contributed by atoms with Gasteiger partial charge in [-0.3, -0.25) is 0 Å². The molecule has 0 heterocycles. The number of halogens is 3. The smallest absolute Gasteiger partial charge is 0.00405 e. The molecule has 0 spiro atoms. The molecule has 0 aliphatic rings. The van der Waals surface area contributed by atoms with Gasteiger partial charge in [0.2, 0.25) is 0 Å². The predicted octanol–water partition coefficient (Wildman–Crippen LogP) is 9.94. The van der Waals surface area contributed by atoms with Gasteiger partial charge in [0, 0.05) is 48.4 Å². The molecule has 0 aliphatic heterocycles. The third kappa shape index (κ3) is 25.4. The fraction of sp³-hybridized carbons (Fsp3) is 0.0714. The van der Waals surface area contributed by atoms with Crippen LogP contribution in [0.5, 0.6) is 0 Å². The number of benzene rings is 8. The molecule has 0 fully saturated rings. The van der Waals surface area contributed by atoms with E-state index in [1.165, 1.54) is 54.2 Å². The van der Waals surface area contributed by atoms with Crippen LogP contribution in [0, 0.1) is 26.6 Å². The molecule has 0 saturated heterocycles. The normalized spacial score (nSPS) is 9.76. The van der Waals surface area contributed by atoms with Gasteiger partial charge in [0.1, 0.15) is 0 Å². The van der Waals surface area contributed by atoms with Crippen LogP contribution >= 0.6 is 31.7 Å². The molecule has 0 unspecified atom stereocenters. The quantitative estimate of drug-likeness (QED) is 0.0301. The van der Waals surface area contributed by atoms with E-state index in [0.717, 1.165) is 0 Å². The van der Waals surface area contributed by atoms with Gasteiger partial charge in [0.25, 0.3) is 0 Å². The van der Waals surface area contributed by atoms with E-state index in [4.69, 9.17) is 31.6 Å². The number of hydrogen-bond donors (Lipinski definition) is 0. The van der Waals surface area contributed by atoms with Crippen LogP contribution in [0.15, 0.2) is 243 Å². The molecular weight excluding hydrogens is 1190 g/mol. The third-order valence-electron chi connectivity index (χ3n) is 9.39. The van der Waals surface area contributed by atoms with E-state index in [9.17, 15) is 13.2 Å². The first kappa shape index (κ1) is 71.7. The average molecular weight is 1240 g/mol. The first-order chi connectivity index (χ1) is 35.1. The molecule has 0 amide bonds. The standard InChI is InChI=1S/2C25H22P2.CHF3O3S.4CO.CH4S.Mn.Rh/c2*1-5-13-22(14-6-1)26(23-15-7-2-8-16-23)21-27(24-17-9-3-10-18-24)25-19-11-4-12-20-25;2-1(3,4)8(5,6)7;5*1-2;;/h2*1-20H,21H2;(H,5,6,7);;;;;2H,1H3;;. The number of alkyl halides is 3. The van der Waals surface area contributed by atoms with Crippen molar-refractivity contribution in [2.24, 2.45) is 0 Å². The summed E-state index contributed by atoms with van der Waals surface area (Å²) in [7, 11) is -7.72. The zero-order chi connectivity index (χ0) is 53.6. The van der Waals surface area contributed by atoms with Gasteiger partial charge in [0.15, 0.2) is 10.1 Å². The largest absolute Gasteiger partial charge is 0.0622 e. The number of rotatable bonds is 12. The van der Waals surface area contributed by atoms with Crippen molar-refractivity contribution < 1.29 is 81.3 Å². The van der Waals surface area contributed by atoms with Gasteiger partial charge < -0.3 is 4.55 Å². The molecule has 0 N–H and O–H groups in total. The Morgan fingerprint density at radius 1 is 0.365 bits per heavy atom. The van der Waals surface area contributed by atoms with Crippen LogP contribution in [-0.2, 0) is 77.9 Å². The summed E-state index contributed by atoms with van der Waals surface area (Å²) in [5, 5.41) is 11.7. The molecule has 8 rings (SSSR count). The molecule has 0 atom stereocenters. The molecule has 8 aromatic rings. The van der Waals surface area contributed by atoms with Crippen molar-refractivity contribution in [1.29, 1.82) is 0 Å². The van der Waals surface area contributed by atoms with Gasteiger partial charge >= 0.3 is 50.7 Å². The molecule has 0 aliphatic carbocycles. The van der Waals surface area contributed by atoms with Crippen LogP contribution in [0.3, 0.4) is 0 Å². The van der Waals surface area contributed by atoms with Gasteiger partial charge in [-0.2, -0.15) is 13.2 Å². The second-order valence-corrected chi connectivity index (χ2v) is 24.8. The first-order valence-electron chi connectivity index (χ1n) is 20.9. The zero-order valence-electron chi connectivity index (χ0n) is 39.4. The monoisotopic (exact) mass is 1240 g/mol. The van der Waals surface area contributed by atoms with E-state index in [0.29, 0.717) is 0 Å². The van der Waals surface area contributed by atoms with Gasteiger partial charge in [-0.1, -0.05) is 243 Å². The van der Waals surface area contributed by atoms with Crippen LogP contribution < -0.4 is 42.4 Å². The van der Waals surface area contributed by atoms with Crippen LogP contribution in [0.4, 0.5) is 13.2 Å². The fourth-order valence-electron chi connectivity index (χ4n) is 6.40. The van der Waals surface area contributed by atoms with Crippen molar-refractivity contribution in [3.8, 4) is 0 Å². The first-order valence-corrected chi connectivity index (χ1v) is 29.4. The Labute approximate surface area is 467 Å². The minimum absolute atomic E-state index is 0. The Morgan fingerprint density at radius 2 is 0.459 bits per heavy atom. The zero-order valence-corrected chi connectivity index (χ0v) is 47.6. The molecule has 18 heteroatoms. The van der Waals surface area contributed by atoms with Gasteiger partial charge in [-0.15, -0.1) is 0 Å². The summed E-state index contributed by atoms with van der Waals surface area (Å²) in [4.78, 5) is 0. The summed E-state index contributed by atoms with van der Waals surface area (Å²) in [5.74, 6) is 2.35. The number of hydrogen-bond acceptors (Lipinski definition) is 3. The Balaban J connectivity index is 0. The Hall–Kier alpha value is -4.37. The van der Waals surface area contributed by atoms with Crippen LogP contribution in [-0.4, -0.2) is 36.5 Å². The van der Waals surface area contributed by atoms with Crippen molar-refractivity contribution >= 4 is 96.9 Å². The molecule has 8 aromatic carbocycles.